The first-order valence-corrected chi connectivity index (χ1v) is 5.33. The number of hydrogen-bond acceptors (Lipinski definition) is 6. The number of hydrogen-bond donors (Lipinski definition) is 2. The Kier molecular flexibility index (Phi) is 2.26. The minimum Gasteiger partial charge on any atom is -0.383 e. The average Bonchev–Trinajstić information content (AvgIpc) is 2.38. The van der Waals surface area contributed by atoms with Crippen molar-refractivity contribution in [2.24, 2.45) is 0 Å². The quantitative estimate of drug-likeness (QED) is 0.661. The zero-order valence-corrected chi connectivity index (χ0v) is 9.41. The Morgan fingerprint density at radius 3 is 2.44 bits per heavy atom. The van der Waals surface area contributed by atoms with E-state index in [0.717, 1.165) is 22.2 Å². The van der Waals surface area contributed by atoms with E-state index in [4.69, 9.17) is 11.5 Å². The molecule has 0 spiro atoms. The zero-order chi connectivity index (χ0) is 12.5. The van der Waals surface area contributed by atoms with Crippen LogP contribution in [0.2, 0.25) is 0 Å². The summed E-state index contributed by atoms with van der Waals surface area (Å²) >= 11 is 0. The molecule has 0 aliphatic rings. The van der Waals surface area contributed by atoms with Crippen LogP contribution in [-0.2, 0) is 0 Å². The van der Waals surface area contributed by atoms with Gasteiger partial charge in [-0.25, -0.2) is 4.98 Å². The fourth-order valence-corrected chi connectivity index (χ4v) is 1.76. The highest BCUT2D eigenvalue weighted by molar-refractivity contribution is 5.83. The summed E-state index contributed by atoms with van der Waals surface area (Å²) in [5, 5.41) is 0. The van der Waals surface area contributed by atoms with E-state index in [-0.39, 0.29) is 5.95 Å². The van der Waals surface area contributed by atoms with E-state index in [1.165, 1.54) is 0 Å². The van der Waals surface area contributed by atoms with Crippen LogP contribution in [0.4, 0.5) is 11.8 Å². The van der Waals surface area contributed by atoms with Crippen molar-refractivity contribution >= 4 is 22.8 Å². The maximum atomic E-state index is 5.83. The van der Waals surface area contributed by atoms with E-state index in [2.05, 4.69) is 19.9 Å². The highest BCUT2D eigenvalue weighted by Crippen LogP contribution is 2.26. The molecule has 0 unspecified atom stereocenters. The van der Waals surface area contributed by atoms with Crippen LogP contribution in [0.25, 0.3) is 22.2 Å². The smallest absolute Gasteiger partial charge is 0.221 e. The number of benzene rings is 1. The fourth-order valence-electron chi connectivity index (χ4n) is 1.76. The largest absolute Gasteiger partial charge is 0.383 e. The summed E-state index contributed by atoms with van der Waals surface area (Å²) in [4.78, 5) is 16.3. The molecule has 0 bridgehead atoms. The van der Waals surface area contributed by atoms with Gasteiger partial charge in [-0.3, -0.25) is 9.97 Å². The van der Waals surface area contributed by atoms with E-state index in [9.17, 15) is 0 Å². The Balaban J connectivity index is 2.19. The second kappa shape index (κ2) is 3.92. The Morgan fingerprint density at radius 2 is 1.67 bits per heavy atom. The van der Waals surface area contributed by atoms with Crippen LogP contribution >= 0.6 is 0 Å². The van der Waals surface area contributed by atoms with Crippen LogP contribution in [0.15, 0.2) is 36.8 Å². The molecule has 0 fully saturated rings. The molecule has 88 valence electrons. The summed E-state index contributed by atoms with van der Waals surface area (Å²) < 4.78 is 0. The fraction of sp³-hybridized carbons (Fsp3) is 0. The van der Waals surface area contributed by atoms with Crippen molar-refractivity contribution in [1.29, 1.82) is 0 Å². The van der Waals surface area contributed by atoms with Gasteiger partial charge in [0, 0.05) is 24.2 Å². The Morgan fingerprint density at radius 1 is 0.889 bits per heavy atom. The Labute approximate surface area is 103 Å². The summed E-state index contributed by atoms with van der Waals surface area (Å²) in [7, 11) is 0. The van der Waals surface area contributed by atoms with Gasteiger partial charge in [0.1, 0.15) is 5.82 Å². The highest BCUT2D eigenvalue weighted by Gasteiger charge is 2.06. The van der Waals surface area contributed by atoms with Gasteiger partial charge in [0.25, 0.3) is 0 Å². The summed E-state index contributed by atoms with van der Waals surface area (Å²) in [6, 6.07) is 5.68. The molecule has 0 amide bonds. The van der Waals surface area contributed by atoms with E-state index < -0.39 is 0 Å². The van der Waals surface area contributed by atoms with Crippen LogP contribution < -0.4 is 11.5 Å². The number of fused-ring (bicyclic) bond motifs is 1. The maximum absolute atomic E-state index is 5.83. The monoisotopic (exact) mass is 238 g/mol. The van der Waals surface area contributed by atoms with Crippen LogP contribution in [0.3, 0.4) is 0 Å². The molecule has 4 N–H and O–H groups in total. The molecule has 3 rings (SSSR count). The first-order chi connectivity index (χ1) is 8.74. The van der Waals surface area contributed by atoms with Crippen molar-refractivity contribution in [1.82, 2.24) is 19.9 Å². The molecule has 0 saturated carbocycles. The topological polar surface area (TPSA) is 104 Å². The number of nitrogens with zero attached hydrogens (tertiary/aromatic N) is 4. The molecule has 2 aromatic heterocycles. The van der Waals surface area contributed by atoms with E-state index >= 15 is 0 Å². The third kappa shape index (κ3) is 1.69. The Hall–Kier alpha value is -2.76. The van der Waals surface area contributed by atoms with Crippen molar-refractivity contribution in [2.45, 2.75) is 0 Å². The molecular formula is C12H10N6. The van der Waals surface area contributed by atoms with Gasteiger partial charge in [0.05, 0.1) is 11.0 Å². The first-order valence-electron chi connectivity index (χ1n) is 5.33. The van der Waals surface area contributed by atoms with E-state index in [1.54, 1.807) is 18.6 Å². The van der Waals surface area contributed by atoms with Crippen molar-refractivity contribution in [3.05, 3.63) is 36.8 Å². The molecular weight excluding hydrogens is 228 g/mol. The molecule has 0 aliphatic carbocycles. The minimum absolute atomic E-state index is 0.164. The molecule has 6 heteroatoms. The molecule has 0 radical (unpaired) electrons. The predicted molar refractivity (Wildman–Crippen MR) is 69.4 cm³/mol. The van der Waals surface area contributed by atoms with E-state index in [1.807, 2.05) is 18.2 Å². The number of nitrogen functional groups attached to an aromatic ring is 2. The summed E-state index contributed by atoms with van der Waals surface area (Å²) in [5.41, 5.74) is 14.6. The van der Waals surface area contributed by atoms with Crippen LogP contribution in [-0.4, -0.2) is 19.9 Å². The second-order valence-corrected chi connectivity index (χ2v) is 3.79. The SMILES string of the molecule is Nc1ncc(-c2ccc3nccnc3c2)c(N)n1. The van der Waals surface area contributed by atoms with Crippen LogP contribution in [0, 0.1) is 0 Å². The highest BCUT2D eigenvalue weighted by atomic mass is 15.0. The minimum atomic E-state index is 0.164. The molecule has 3 aromatic rings. The first kappa shape index (κ1) is 10.4. The third-order valence-electron chi connectivity index (χ3n) is 2.62. The van der Waals surface area contributed by atoms with Crippen molar-refractivity contribution < 1.29 is 0 Å². The molecule has 1 aromatic carbocycles. The van der Waals surface area contributed by atoms with Gasteiger partial charge >= 0.3 is 0 Å². The summed E-state index contributed by atoms with van der Waals surface area (Å²) in [5.74, 6) is 0.516. The molecule has 0 saturated heterocycles. The maximum Gasteiger partial charge on any atom is 0.221 e. The lowest BCUT2D eigenvalue weighted by Gasteiger charge is -2.05. The lowest BCUT2D eigenvalue weighted by atomic mass is 10.1. The van der Waals surface area contributed by atoms with Crippen molar-refractivity contribution in [2.75, 3.05) is 11.5 Å². The average molecular weight is 238 g/mol. The van der Waals surface area contributed by atoms with Crippen LogP contribution in [0.1, 0.15) is 0 Å². The van der Waals surface area contributed by atoms with Gasteiger partial charge in [0.2, 0.25) is 5.95 Å². The summed E-state index contributed by atoms with van der Waals surface area (Å²) in [6.07, 6.45) is 4.91. The third-order valence-corrected chi connectivity index (χ3v) is 2.62. The molecule has 2 heterocycles. The van der Waals surface area contributed by atoms with Crippen molar-refractivity contribution in [3.8, 4) is 11.1 Å². The standard InChI is InChI=1S/C12H10N6/c13-11-8(6-17-12(14)18-11)7-1-2-9-10(5-7)16-4-3-15-9/h1-6H,(H4,13,14,17,18). The van der Waals surface area contributed by atoms with Gasteiger partial charge < -0.3 is 11.5 Å². The Bertz CT molecular complexity index is 725. The molecule has 6 nitrogen and oxygen atoms in total. The number of aromatic nitrogens is 4. The van der Waals surface area contributed by atoms with E-state index in [0.29, 0.717) is 5.82 Å². The lowest BCUT2D eigenvalue weighted by molar-refractivity contribution is 1.20. The van der Waals surface area contributed by atoms with Gasteiger partial charge in [-0.2, -0.15) is 4.98 Å². The zero-order valence-electron chi connectivity index (χ0n) is 9.41. The van der Waals surface area contributed by atoms with Crippen molar-refractivity contribution in [3.63, 3.8) is 0 Å². The molecule has 0 atom stereocenters. The van der Waals surface area contributed by atoms with Gasteiger partial charge in [-0.1, -0.05) is 6.07 Å². The normalized spacial score (nSPS) is 10.7. The van der Waals surface area contributed by atoms with Gasteiger partial charge in [-0.15, -0.1) is 0 Å². The summed E-state index contributed by atoms with van der Waals surface area (Å²) in [6.45, 7) is 0. The number of rotatable bonds is 1. The van der Waals surface area contributed by atoms with Gasteiger partial charge in [0.15, 0.2) is 0 Å². The number of nitrogens with two attached hydrogens (primary N) is 2. The predicted octanol–water partition coefficient (Wildman–Crippen LogP) is 1.25. The van der Waals surface area contributed by atoms with Crippen LogP contribution in [0.5, 0.6) is 0 Å². The molecule has 18 heavy (non-hydrogen) atoms. The molecule has 0 aliphatic heterocycles. The van der Waals surface area contributed by atoms with Gasteiger partial charge in [-0.05, 0) is 17.7 Å². The second-order valence-electron chi connectivity index (χ2n) is 3.79. The lowest BCUT2D eigenvalue weighted by Crippen LogP contribution is -2.01. The number of anilines is 2.